The summed E-state index contributed by atoms with van der Waals surface area (Å²) in [5, 5.41) is 4.92. The van der Waals surface area contributed by atoms with Crippen molar-refractivity contribution < 1.29 is 0 Å². The predicted octanol–water partition coefficient (Wildman–Crippen LogP) is 12.0. The maximum atomic E-state index is 6.55. The molecule has 5 heteroatoms. The lowest BCUT2D eigenvalue weighted by molar-refractivity contribution is 0.758. The Bertz CT molecular complexity index is 3140. The fraction of sp³-hybridized carbons (Fsp3) is 0.0392. The number of nitrogens with two attached hydrogens (primary N) is 1. The third-order valence-corrected chi connectivity index (χ3v) is 11.9. The number of hydrogen-bond donors (Lipinski definition) is 2. The third kappa shape index (κ3) is 4.34. The molecule has 0 aliphatic heterocycles. The van der Waals surface area contributed by atoms with E-state index in [1.165, 1.54) is 65.9 Å². The van der Waals surface area contributed by atoms with Crippen molar-refractivity contribution in [2.75, 3.05) is 0 Å². The monoisotopic (exact) mass is 719 g/mol. The van der Waals surface area contributed by atoms with Crippen molar-refractivity contribution in [2.45, 2.75) is 12.3 Å². The van der Waals surface area contributed by atoms with E-state index >= 15 is 0 Å². The van der Waals surface area contributed by atoms with E-state index in [1.54, 1.807) is 6.20 Å². The normalized spacial score (nSPS) is 15.4. The molecule has 1 aliphatic carbocycles. The molecule has 5 nitrogen and oxygen atoms in total. The van der Waals surface area contributed by atoms with Gasteiger partial charge in [-0.05, 0) is 101 Å². The van der Waals surface area contributed by atoms with Crippen molar-refractivity contribution in [3.05, 3.63) is 211 Å². The van der Waals surface area contributed by atoms with Crippen LogP contribution >= 0.6 is 0 Å². The first-order chi connectivity index (χ1) is 27.7. The van der Waals surface area contributed by atoms with Crippen LogP contribution in [0.5, 0.6) is 0 Å². The highest BCUT2D eigenvalue weighted by molar-refractivity contribution is 6.15. The standard InChI is InChI=1S/C51H37N5/c1-2-10-35(31-52)51(36-11-9-29-53-32-36)44-15-6-3-14-43(44)48-45(51)27-26-41-42-28-30-54-50(42)56(49(41)48)38-24-20-34(21-25-38)33-18-22-37(23-19-33)55-46-16-7-4-12-39(46)40-13-5-8-17-47(40)55/h2-32,54H,52H2,1H3/b10-2-,35-31+. The van der Waals surface area contributed by atoms with Gasteiger partial charge < -0.3 is 15.3 Å². The second-order valence-corrected chi connectivity index (χ2v) is 14.6. The number of pyridine rings is 1. The van der Waals surface area contributed by atoms with E-state index in [0.29, 0.717) is 0 Å². The van der Waals surface area contributed by atoms with Crippen LogP contribution in [0.4, 0.5) is 0 Å². The van der Waals surface area contributed by atoms with E-state index in [9.17, 15) is 0 Å². The van der Waals surface area contributed by atoms with Gasteiger partial charge in [0, 0.05) is 57.1 Å². The van der Waals surface area contributed by atoms with Crippen LogP contribution in [0.2, 0.25) is 0 Å². The van der Waals surface area contributed by atoms with Gasteiger partial charge in [-0.2, -0.15) is 0 Å². The number of H-pyrrole nitrogens is 1. The Morgan fingerprint density at radius 1 is 0.625 bits per heavy atom. The van der Waals surface area contributed by atoms with Gasteiger partial charge in [0.1, 0.15) is 5.65 Å². The zero-order chi connectivity index (χ0) is 37.4. The van der Waals surface area contributed by atoms with Gasteiger partial charge >= 0.3 is 0 Å². The maximum absolute atomic E-state index is 6.55. The van der Waals surface area contributed by atoms with Crippen molar-refractivity contribution in [2.24, 2.45) is 5.73 Å². The number of fused-ring (bicyclic) bond motifs is 10. The van der Waals surface area contributed by atoms with Crippen molar-refractivity contribution in [1.82, 2.24) is 19.1 Å². The fourth-order valence-electron chi connectivity index (χ4n) is 9.60. The molecule has 1 aliphatic rings. The number of nitrogens with one attached hydrogen (secondary N) is 1. The van der Waals surface area contributed by atoms with Crippen LogP contribution in [0.1, 0.15) is 23.6 Å². The lowest BCUT2D eigenvalue weighted by Crippen LogP contribution is -2.29. The Balaban J connectivity index is 1.07. The Morgan fingerprint density at radius 3 is 1.95 bits per heavy atom. The predicted molar refractivity (Wildman–Crippen MR) is 232 cm³/mol. The summed E-state index contributed by atoms with van der Waals surface area (Å²) in [7, 11) is 0. The highest BCUT2D eigenvalue weighted by atomic mass is 15.1. The van der Waals surface area contributed by atoms with Gasteiger partial charge in [0.25, 0.3) is 0 Å². The molecule has 0 spiro atoms. The summed E-state index contributed by atoms with van der Waals surface area (Å²) >= 11 is 0. The Hall–Kier alpha value is -7.37. The molecule has 1 atom stereocenters. The SMILES string of the molecule is C/C=C\C(=C/N)C1(c2cccnc2)c2ccccc2-c2c1ccc1c3cc[nH]c3n(-c3ccc(-c4ccc(-n5c6ccccc6c6ccccc65)cc4)cc3)c21. The van der Waals surface area contributed by atoms with Crippen LogP contribution in [-0.2, 0) is 5.41 Å². The second-order valence-electron chi connectivity index (χ2n) is 14.6. The van der Waals surface area contributed by atoms with Crippen LogP contribution in [0.15, 0.2) is 194 Å². The smallest absolute Gasteiger partial charge is 0.123 e. The molecule has 11 rings (SSSR count). The van der Waals surface area contributed by atoms with E-state index in [0.717, 1.165) is 33.7 Å². The minimum atomic E-state index is -0.645. The molecule has 3 N–H and O–H groups in total. The van der Waals surface area contributed by atoms with Crippen LogP contribution in [-0.4, -0.2) is 19.1 Å². The van der Waals surface area contributed by atoms with Gasteiger partial charge in [0.15, 0.2) is 0 Å². The zero-order valence-electron chi connectivity index (χ0n) is 30.8. The van der Waals surface area contributed by atoms with Crippen molar-refractivity contribution in [3.63, 3.8) is 0 Å². The molecular weight excluding hydrogens is 683 g/mol. The number of aromatic nitrogens is 4. The second kappa shape index (κ2) is 12.3. The van der Waals surface area contributed by atoms with Gasteiger partial charge in [0.05, 0.1) is 22.0 Å². The molecular formula is C51H37N5. The summed E-state index contributed by atoms with van der Waals surface area (Å²) in [6.07, 6.45) is 11.8. The summed E-state index contributed by atoms with van der Waals surface area (Å²) in [5.74, 6) is 0. The Kier molecular flexibility index (Phi) is 7.07. The average molecular weight is 720 g/mol. The molecule has 56 heavy (non-hydrogen) atoms. The quantitative estimate of drug-likeness (QED) is 0.168. The number of allylic oxidation sites excluding steroid dienone is 3. The highest BCUT2D eigenvalue weighted by Gasteiger charge is 2.48. The minimum absolute atomic E-state index is 0.645. The first-order valence-electron chi connectivity index (χ1n) is 19.1. The molecule has 0 fully saturated rings. The maximum Gasteiger partial charge on any atom is 0.123 e. The van der Waals surface area contributed by atoms with Crippen LogP contribution < -0.4 is 5.73 Å². The lowest BCUT2D eigenvalue weighted by atomic mass is 9.67. The summed E-state index contributed by atoms with van der Waals surface area (Å²) in [5.41, 5.74) is 22.0. The van der Waals surface area contributed by atoms with Crippen LogP contribution in [0, 0.1) is 0 Å². The first-order valence-corrected chi connectivity index (χ1v) is 19.1. The summed E-state index contributed by atoms with van der Waals surface area (Å²) in [4.78, 5) is 8.22. The van der Waals surface area contributed by atoms with E-state index in [2.05, 4.69) is 177 Å². The fourth-order valence-corrected chi connectivity index (χ4v) is 9.60. The van der Waals surface area contributed by atoms with E-state index in [1.807, 2.05) is 31.6 Å². The van der Waals surface area contributed by atoms with Crippen LogP contribution in [0.25, 0.3) is 77.4 Å². The number of hydrogen-bond acceptors (Lipinski definition) is 2. The zero-order valence-corrected chi connectivity index (χ0v) is 30.8. The molecule has 0 amide bonds. The molecule has 0 radical (unpaired) electrons. The van der Waals surface area contributed by atoms with Gasteiger partial charge in [-0.25, -0.2) is 0 Å². The average Bonchev–Trinajstić information content (AvgIpc) is 4.02. The van der Waals surface area contributed by atoms with Crippen molar-refractivity contribution in [3.8, 4) is 33.6 Å². The van der Waals surface area contributed by atoms with E-state index < -0.39 is 5.41 Å². The molecule has 4 aromatic heterocycles. The molecule has 0 saturated carbocycles. The van der Waals surface area contributed by atoms with Crippen molar-refractivity contribution in [1.29, 1.82) is 0 Å². The van der Waals surface area contributed by atoms with Gasteiger partial charge in [-0.1, -0.05) is 115 Å². The Morgan fingerprint density at radius 2 is 1.29 bits per heavy atom. The molecule has 1 unspecified atom stereocenters. The Labute approximate surface area is 324 Å². The summed E-state index contributed by atoms with van der Waals surface area (Å²) in [6, 6.07) is 55.0. The molecule has 0 bridgehead atoms. The topological polar surface area (TPSA) is 64.6 Å². The molecule has 6 aromatic carbocycles. The van der Waals surface area contributed by atoms with Crippen molar-refractivity contribution >= 4 is 43.7 Å². The van der Waals surface area contributed by atoms with Gasteiger partial charge in [-0.3, -0.25) is 9.55 Å². The number of para-hydroxylation sites is 2. The lowest BCUT2D eigenvalue weighted by Gasteiger charge is -2.34. The first kappa shape index (κ1) is 32.1. The molecule has 10 aromatic rings. The highest BCUT2D eigenvalue weighted by Crippen LogP contribution is 2.58. The molecule has 0 saturated heterocycles. The summed E-state index contributed by atoms with van der Waals surface area (Å²) < 4.78 is 4.76. The number of nitrogens with zero attached hydrogens (tertiary/aromatic N) is 3. The number of rotatable bonds is 6. The van der Waals surface area contributed by atoms with E-state index in [4.69, 9.17) is 5.73 Å². The number of aromatic amines is 1. The van der Waals surface area contributed by atoms with Gasteiger partial charge in [-0.15, -0.1) is 0 Å². The third-order valence-electron chi connectivity index (χ3n) is 11.9. The van der Waals surface area contributed by atoms with Gasteiger partial charge in [0.2, 0.25) is 0 Å². The molecule has 4 heterocycles. The molecule has 266 valence electrons. The minimum Gasteiger partial charge on any atom is -0.404 e. The summed E-state index contributed by atoms with van der Waals surface area (Å²) in [6.45, 7) is 2.04. The van der Waals surface area contributed by atoms with E-state index in [-0.39, 0.29) is 0 Å². The largest absolute Gasteiger partial charge is 0.404 e. The number of benzene rings is 6. The van der Waals surface area contributed by atoms with Crippen LogP contribution in [0.3, 0.4) is 0 Å².